The Morgan fingerprint density at radius 1 is 0.600 bits per heavy atom. The summed E-state index contributed by atoms with van der Waals surface area (Å²) in [5, 5.41) is 0. The number of rotatable bonds is 38. The Morgan fingerprint density at radius 3 is 1.56 bits per heavy atom. The van der Waals surface area contributed by atoms with E-state index in [1.54, 1.807) is 0 Å². The van der Waals surface area contributed by atoms with Gasteiger partial charge in [0, 0.05) is 13.0 Å². The highest BCUT2D eigenvalue weighted by Crippen LogP contribution is 2.43. The van der Waals surface area contributed by atoms with Gasteiger partial charge in [-0.25, -0.2) is 4.57 Å². The summed E-state index contributed by atoms with van der Waals surface area (Å²) in [5.41, 5.74) is 0. The summed E-state index contributed by atoms with van der Waals surface area (Å²) in [6, 6.07) is 0. The van der Waals surface area contributed by atoms with Gasteiger partial charge in [0.2, 0.25) is 0 Å². The van der Waals surface area contributed by atoms with E-state index >= 15 is 0 Å². The summed E-state index contributed by atoms with van der Waals surface area (Å²) >= 11 is 0. The lowest BCUT2D eigenvalue weighted by molar-refractivity contribution is -0.870. The van der Waals surface area contributed by atoms with Crippen LogP contribution in [0.1, 0.15) is 174 Å². The Kier molecular flexibility index (Phi) is 34.3. The molecular weight excluding hydrogens is 649 g/mol. The first kappa shape index (κ1) is 49.0. The smallest absolute Gasteiger partial charge is 0.457 e. The van der Waals surface area contributed by atoms with E-state index in [1.165, 1.54) is 109 Å². The van der Waals surface area contributed by atoms with Gasteiger partial charge in [-0.05, 0) is 64.2 Å². The van der Waals surface area contributed by atoms with Crippen molar-refractivity contribution < 1.29 is 37.3 Å². The van der Waals surface area contributed by atoms with Crippen LogP contribution < -0.4 is 0 Å². The predicted octanol–water partition coefficient (Wildman–Crippen LogP) is 11.7. The molecule has 0 aliphatic rings. The van der Waals surface area contributed by atoms with Gasteiger partial charge in [-0.15, -0.1) is 0 Å². The summed E-state index contributed by atoms with van der Waals surface area (Å²) in [4.78, 5) is 22.8. The lowest BCUT2D eigenvalue weighted by Crippen LogP contribution is -2.37. The van der Waals surface area contributed by atoms with E-state index in [1.807, 2.05) is 21.1 Å². The van der Waals surface area contributed by atoms with Crippen molar-refractivity contribution in [2.24, 2.45) is 0 Å². The van der Waals surface area contributed by atoms with Crippen molar-refractivity contribution in [3.8, 4) is 0 Å². The van der Waals surface area contributed by atoms with Crippen molar-refractivity contribution in [3.63, 3.8) is 0 Å². The third kappa shape index (κ3) is 38.2. The maximum atomic E-state index is 12.6. The van der Waals surface area contributed by atoms with Crippen molar-refractivity contribution in [2.45, 2.75) is 180 Å². The van der Waals surface area contributed by atoms with Crippen LogP contribution in [0.25, 0.3) is 0 Å². The number of unbranched alkanes of at least 4 members (excludes halogenated alkanes) is 20. The molecule has 0 saturated heterocycles. The molecule has 2 atom stereocenters. The molecule has 1 N–H and O–H groups in total. The number of hydrogen-bond acceptors (Lipinski definition) is 6. The second kappa shape index (κ2) is 35.0. The lowest BCUT2D eigenvalue weighted by atomic mass is 10.1. The molecule has 0 spiro atoms. The SMILES string of the molecule is CCCCC/C=C\CCCCCCCCOCC(COP(=O)(O)OCC[N+](C)(C)C)OC(=O)CCCCCCC/C=C\CCCCCCCC. The van der Waals surface area contributed by atoms with E-state index in [9.17, 15) is 14.3 Å². The van der Waals surface area contributed by atoms with Gasteiger partial charge in [-0.3, -0.25) is 13.8 Å². The molecule has 0 bridgehead atoms. The van der Waals surface area contributed by atoms with Crippen molar-refractivity contribution >= 4 is 13.8 Å². The zero-order valence-electron chi connectivity index (χ0n) is 33.4. The van der Waals surface area contributed by atoms with Crippen molar-refractivity contribution in [2.75, 3.05) is 54.1 Å². The number of phosphoric ester groups is 1. The monoisotopic (exact) mass is 731 g/mol. The highest BCUT2D eigenvalue weighted by atomic mass is 31.2. The standard InChI is InChI=1S/C41H80NO7P/c1-6-8-10-12-14-16-18-20-21-22-24-26-28-30-32-34-41(43)49-40(39-48-50(44,45)47-37-35-42(3,4)5)38-46-36-33-31-29-27-25-23-19-17-15-13-11-9-7-2/h15,17,20-21,40H,6-14,16,18-19,22-39H2,1-5H3/p+1/b17-15-,21-20-. The molecule has 296 valence electrons. The van der Waals surface area contributed by atoms with E-state index in [0.29, 0.717) is 24.1 Å². The normalized spacial score (nSPS) is 14.1. The molecule has 0 fully saturated rings. The number of likely N-dealkylation sites (N-methyl/N-ethyl adjacent to an activating group) is 1. The molecule has 0 heterocycles. The third-order valence-electron chi connectivity index (χ3n) is 8.74. The van der Waals surface area contributed by atoms with Crippen LogP contribution >= 0.6 is 7.82 Å². The maximum absolute atomic E-state index is 12.6. The molecule has 0 rings (SSSR count). The van der Waals surface area contributed by atoms with Crippen LogP contribution in [-0.2, 0) is 27.9 Å². The fourth-order valence-corrected chi connectivity index (χ4v) is 6.22. The molecule has 8 nitrogen and oxygen atoms in total. The fraction of sp³-hybridized carbons (Fsp3) is 0.878. The second-order valence-electron chi connectivity index (χ2n) is 15.0. The average Bonchev–Trinajstić information content (AvgIpc) is 3.06. The number of ether oxygens (including phenoxy) is 2. The van der Waals surface area contributed by atoms with E-state index < -0.39 is 13.9 Å². The Hall–Kier alpha value is -1.02. The molecule has 2 unspecified atom stereocenters. The minimum atomic E-state index is -4.27. The van der Waals surface area contributed by atoms with Crippen LogP contribution in [0, 0.1) is 0 Å². The van der Waals surface area contributed by atoms with Crippen LogP contribution in [0.4, 0.5) is 0 Å². The second-order valence-corrected chi connectivity index (χ2v) is 16.5. The number of nitrogens with zero attached hydrogens (tertiary/aromatic N) is 1. The van der Waals surface area contributed by atoms with Crippen LogP contribution in [0.2, 0.25) is 0 Å². The first-order valence-electron chi connectivity index (χ1n) is 20.6. The highest BCUT2D eigenvalue weighted by molar-refractivity contribution is 7.47. The molecule has 9 heteroatoms. The molecule has 0 aliphatic heterocycles. The van der Waals surface area contributed by atoms with Gasteiger partial charge >= 0.3 is 13.8 Å². The Labute approximate surface area is 309 Å². The molecule has 0 aromatic heterocycles. The maximum Gasteiger partial charge on any atom is 0.472 e. The summed E-state index contributed by atoms with van der Waals surface area (Å²) in [5.74, 6) is -0.325. The van der Waals surface area contributed by atoms with Gasteiger partial charge in [0.1, 0.15) is 19.3 Å². The van der Waals surface area contributed by atoms with E-state index in [4.69, 9.17) is 18.5 Å². The molecule has 0 aromatic carbocycles. The molecule has 0 saturated carbocycles. The summed E-state index contributed by atoms with van der Waals surface area (Å²) in [6.07, 6.45) is 37.7. The van der Waals surface area contributed by atoms with E-state index in [0.717, 1.165) is 44.9 Å². The quantitative estimate of drug-likeness (QED) is 0.0222. The van der Waals surface area contributed by atoms with Crippen LogP contribution in [0.3, 0.4) is 0 Å². The minimum Gasteiger partial charge on any atom is -0.457 e. The van der Waals surface area contributed by atoms with Gasteiger partial charge in [0.05, 0.1) is 34.4 Å². The topological polar surface area (TPSA) is 91.3 Å². The third-order valence-corrected chi connectivity index (χ3v) is 9.72. The highest BCUT2D eigenvalue weighted by Gasteiger charge is 2.26. The first-order valence-corrected chi connectivity index (χ1v) is 22.1. The Bertz CT molecular complexity index is 858. The largest absolute Gasteiger partial charge is 0.472 e. The molecular formula is C41H81NO7P+. The Morgan fingerprint density at radius 2 is 1.04 bits per heavy atom. The van der Waals surface area contributed by atoms with Gasteiger partial charge in [0.15, 0.2) is 0 Å². The molecule has 0 aromatic rings. The lowest BCUT2D eigenvalue weighted by Gasteiger charge is -2.24. The Balaban J connectivity index is 4.29. The van der Waals surface area contributed by atoms with Gasteiger partial charge < -0.3 is 18.9 Å². The molecule has 50 heavy (non-hydrogen) atoms. The van der Waals surface area contributed by atoms with Crippen LogP contribution in [-0.4, -0.2) is 75.6 Å². The summed E-state index contributed by atoms with van der Waals surface area (Å²) < 4.78 is 34.9. The summed E-state index contributed by atoms with van der Waals surface area (Å²) in [7, 11) is 1.66. The van der Waals surface area contributed by atoms with Gasteiger partial charge in [0.25, 0.3) is 0 Å². The van der Waals surface area contributed by atoms with Crippen molar-refractivity contribution in [1.29, 1.82) is 0 Å². The number of carbonyl (C=O) groups is 1. The molecule has 0 amide bonds. The number of allylic oxidation sites excluding steroid dienone is 4. The average molecular weight is 731 g/mol. The zero-order valence-corrected chi connectivity index (χ0v) is 34.3. The van der Waals surface area contributed by atoms with Crippen molar-refractivity contribution in [1.82, 2.24) is 0 Å². The first-order chi connectivity index (χ1) is 24.1. The number of carbonyl (C=O) groups excluding carboxylic acids is 1. The number of hydrogen-bond donors (Lipinski definition) is 1. The number of quaternary nitrogens is 1. The van der Waals surface area contributed by atoms with Crippen LogP contribution in [0.5, 0.6) is 0 Å². The van der Waals surface area contributed by atoms with E-state index in [2.05, 4.69) is 38.2 Å². The molecule has 0 aliphatic carbocycles. The van der Waals surface area contributed by atoms with Gasteiger partial charge in [-0.1, -0.05) is 128 Å². The summed E-state index contributed by atoms with van der Waals surface area (Å²) in [6.45, 7) is 5.58. The van der Waals surface area contributed by atoms with E-state index in [-0.39, 0.29) is 25.8 Å². The van der Waals surface area contributed by atoms with Crippen LogP contribution in [0.15, 0.2) is 24.3 Å². The minimum absolute atomic E-state index is 0.0868. The fourth-order valence-electron chi connectivity index (χ4n) is 5.48. The zero-order chi connectivity index (χ0) is 37.0. The van der Waals surface area contributed by atoms with Crippen molar-refractivity contribution in [3.05, 3.63) is 24.3 Å². The number of phosphoric acid groups is 1. The molecule has 0 radical (unpaired) electrons. The number of esters is 1. The van der Waals surface area contributed by atoms with Gasteiger partial charge in [-0.2, -0.15) is 0 Å². The predicted molar refractivity (Wildman–Crippen MR) is 210 cm³/mol.